The molecule has 2 aliphatic heterocycles. The van der Waals surface area contributed by atoms with Gasteiger partial charge in [0.15, 0.2) is 0 Å². The molecule has 2 heterocycles. The monoisotopic (exact) mass is 160 g/mol. The molecule has 2 heteroatoms. The van der Waals surface area contributed by atoms with Gasteiger partial charge in [-0.1, -0.05) is 0 Å². The molecule has 2 aliphatic rings. The third-order valence-corrected chi connectivity index (χ3v) is 5.25. The molecule has 0 N–H and O–H groups in total. The minimum absolute atomic E-state index is 0.827. The van der Waals surface area contributed by atoms with E-state index in [4.69, 9.17) is 0 Å². The number of thioether (sulfide) groups is 2. The zero-order chi connectivity index (χ0) is 6.16. The lowest BCUT2D eigenvalue weighted by molar-refractivity contribution is 0.369. The summed E-state index contributed by atoms with van der Waals surface area (Å²) in [7, 11) is 0. The Balaban J connectivity index is 1.93. The average molecular weight is 160 g/mol. The van der Waals surface area contributed by atoms with Crippen molar-refractivity contribution < 1.29 is 0 Å². The summed E-state index contributed by atoms with van der Waals surface area (Å²) >= 11 is 4.29. The summed E-state index contributed by atoms with van der Waals surface area (Å²) in [5, 5.41) is 0. The van der Waals surface area contributed by atoms with Gasteiger partial charge in [0.05, 0.1) is 0 Å². The van der Waals surface area contributed by atoms with Crippen LogP contribution in [0.1, 0.15) is 12.8 Å². The average Bonchev–Trinajstić information content (AvgIpc) is 1.87. The first-order valence-electron chi connectivity index (χ1n) is 3.57. The van der Waals surface area contributed by atoms with E-state index in [0.717, 1.165) is 5.41 Å². The quantitative estimate of drug-likeness (QED) is 0.533. The molecule has 0 unspecified atom stereocenters. The molecule has 0 aromatic heterocycles. The van der Waals surface area contributed by atoms with Crippen LogP contribution in [0.5, 0.6) is 0 Å². The summed E-state index contributed by atoms with van der Waals surface area (Å²) in [6.07, 6.45) is 3.00. The maximum Gasteiger partial charge on any atom is 0.000525 e. The van der Waals surface area contributed by atoms with Gasteiger partial charge in [-0.3, -0.25) is 0 Å². The number of hydrogen-bond donors (Lipinski definition) is 0. The van der Waals surface area contributed by atoms with Crippen molar-refractivity contribution in [1.82, 2.24) is 0 Å². The molecule has 1 spiro atoms. The lowest BCUT2D eigenvalue weighted by atomic mass is 9.88. The highest BCUT2D eigenvalue weighted by Gasteiger charge is 2.38. The van der Waals surface area contributed by atoms with Gasteiger partial charge < -0.3 is 0 Å². The topological polar surface area (TPSA) is 0 Å². The highest BCUT2D eigenvalue weighted by atomic mass is 32.2. The van der Waals surface area contributed by atoms with Crippen LogP contribution in [0, 0.1) is 5.41 Å². The van der Waals surface area contributed by atoms with E-state index in [0.29, 0.717) is 0 Å². The van der Waals surface area contributed by atoms with Crippen LogP contribution in [-0.4, -0.2) is 23.0 Å². The standard InChI is InChI=1S/C7H12S2/c1-2-7(4-8-3-1)5-9-6-7/h1-6H2. The van der Waals surface area contributed by atoms with Gasteiger partial charge in [0.1, 0.15) is 0 Å². The number of rotatable bonds is 0. The van der Waals surface area contributed by atoms with Crippen molar-refractivity contribution in [1.29, 1.82) is 0 Å². The second kappa shape index (κ2) is 2.39. The Bertz CT molecular complexity index is 99.5. The van der Waals surface area contributed by atoms with Gasteiger partial charge in [-0.2, -0.15) is 23.5 Å². The minimum Gasteiger partial charge on any atom is -0.161 e. The van der Waals surface area contributed by atoms with E-state index >= 15 is 0 Å². The third kappa shape index (κ3) is 1.12. The molecule has 2 rings (SSSR count). The first-order valence-corrected chi connectivity index (χ1v) is 5.88. The van der Waals surface area contributed by atoms with E-state index in [2.05, 4.69) is 23.5 Å². The zero-order valence-corrected chi connectivity index (χ0v) is 7.19. The summed E-state index contributed by atoms with van der Waals surface area (Å²) in [5.74, 6) is 5.80. The van der Waals surface area contributed by atoms with Crippen molar-refractivity contribution in [2.45, 2.75) is 12.8 Å². The van der Waals surface area contributed by atoms with E-state index < -0.39 is 0 Å². The van der Waals surface area contributed by atoms with Crippen LogP contribution >= 0.6 is 23.5 Å². The summed E-state index contributed by atoms with van der Waals surface area (Å²) in [6.45, 7) is 0. The van der Waals surface area contributed by atoms with Gasteiger partial charge in [-0.25, -0.2) is 0 Å². The van der Waals surface area contributed by atoms with Crippen LogP contribution in [0.4, 0.5) is 0 Å². The zero-order valence-electron chi connectivity index (χ0n) is 5.56. The van der Waals surface area contributed by atoms with E-state index in [-0.39, 0.29) is 0 Å². The maximum absolute atomic E-state index is 2.16. The van der Waals surface area contributed by atoms with E-state index in [1.54, 1.807) is 0 Å². The van der Waals surface area contributed by atoms with Crippen LogP contribution in [-0.2, 0) is 0 Å². The van der Waals surface area contributed by atoms with Crippen molar-refractivity contribution in [3.8, 4) is 0 Å². The Morgan fingerprint density at radius 2 is 1.78 bits per heavy atom. The highest BCUT2D eigenvalue weighted by Crippen LogP contribution is 2.46. The van der Waals surface area contributed by atoms with E-state index in [1.807, 2.05) is 0 Å². The molecule has 0 atom stereocenters. The van der Waals surface area contributed by atoms with Crippen LogP contribution in [0.25, 0.3) is 0 Å². The van der Waals surface area contributed by atoms with Gasteiger partial charge >= 0.3 is 0 Å². The van der Waals surface area contributed by atoms with Crippen molar-refractivity contribution >= 4 is 23.5 Å². The fourth-order valence-electron chi connectivity index (χ4n) is 1.53. The largest absolute Gasteiger partial charge is 0.161 e. The van der Waals surface area contributed by atoms with Crippen LogP contribution in [0.3, 0.4) is 0 Å². The first kappa shape index (κ1) is 6.41. The van der Waals surface area contributed by atoms with Gasteiger partial charge in [0, 0.05) is 17.3 Å². The van der Waals surface area contributed by atoms with Crippen molar-refractivity contribution in [2.24, 2.45) is 5.41 Å². The summed E-state index contributed by atoms with van der Waals surface area (Å²) < 4.78 is 0. The van der Waals surface area contributed by atoms with E-state index in [9.17, 15) is 0 Å². The lowest BCUT2D eigenvalue weighted by Crippen LogP contribution is -2.40. The first-order chi connectivity index (χ1) is 4.41. The maximum atomic E-state index is 2.16. The fourth-order valence-corrected chi connectivity index (χ4v) is 4.34. The van der Waals surface area contributed by atoms with Crippen LogP contribution in [0.15, 0.2) is 0 Å². The fraction of sp³-hybridized carbons (Fsp3) is 1.00. The molecule has 0 amide bonds. The Morgan fingerprint density at radius 1 is 1.00 bits per heavy atom. The molecule has 2 saturated heterocycles. The predicted octanol–water partition coefficient (Wildman–Crippen LogP) is 2.25. The summed E-state index contributed by atoms with van der Waals surface area (Å²) in [5.41, 5.74) is 0.827. The molecule has 0 aromatic rings. The Kier molecular flexibility index (Phi) is 1.70. The molecular weight excluding hydrogens is 148 g/mol. The predicted molar refractivity (Wildman–Crippen MR) is 46.3 cm³/mol. The highest BCUT2D eigenvalue weighted by molar-refractivity contribution is 8.01. The lowest BCUT2D eigenvalue weighted by Gasteiger charge is -2.43. The molecule has 9 heavy (non-hydrogen) atoms. The third-order valence-electron chi connectivity index (χ3n) is 2.22. The Labute approximate surface area is 65.2 Å². The SMILES string of the molecule is C1CSCC2(C1)CSC2. The minimum atomic E-state index is 0.827. The van der Waals surface area contributed by atoms with Gasteiger partial charge in [0.25, 0.3) is 0 Å². The smallest absolute Gasteiger partial charge is 0.000525 e. The molecule has 0 bridgehead atoms. The molecule has 0 aromatic carbocycles. The van der Waals surface area contributed by atoms with Crippen LogP contribution < -0.4 is 0 Å². The second-order valence-electron chi connectivity index (χ2n) is 3.15. The van der Waals surface area contributed by atoms with Crippen molar-refractivity contribution in [2.75, 3.05) is 23.0 Å². The molecule has 0 aliphatic carbocycles. The van der Waals surface area contributed by atoms with Crippen molar-refractivity contribution in [3.63, 3.8) is 0 Å². The molecule has 0 nitrogen and oxygen atoms in total. The second-order valence-corrected chi connectivity index (χ2v) is 5.24. The number of hydrogen-bond acceptors (Lipinski definition) is 2. The van der Waals surface area contributed by atoms with Gasteiger partial charge in [0.2, 0.25) is 0 Å². The molecular formula is C7H12S2. The Morgan fingerprint density at radius 3 is 2.11 bits per heavy atom. The normalized spacial score (nSPS) is 32.0. The van der Waals surface area contributed by atoms with E-state index in [1.165, 1.54) is 35.9 Å². The molecule has 0 saturated carbocycles. The Hall–Kier alpha value is 0.700. The molecule has 0 radical (unpaired) electrons. The van der Waals surface area contributed by atoms with Crippen LogP contribution in [0.2, 0.25) is 0 Å². The van der Waals surface area contributed by atoms with Crippen molar-refractivity contribution in [3.05, 3.63) is 0 Å². The van der Waals surface area contributed by atoms with Gasteiger partial charge in [-0.15, -0.1) is 0 Å². The molecule has 2 fully saturated rings. The summed E-state index contributed by atoms with van der Waals surface area (Å²) in [6, 6.07) is 0. The van der Waals surface area contributed by atoms with Gasteiger partial charge in [-0.05, 0) is 24.0 Å². The summed E-state index contributed by atoms with van der Waals surface area (Å²) in [4.78, 5) is 0. The molecule has 52 valence electrons.